The molecule has 0 amide bonds. The Bertz CT molecular complexity index is 1210. The van der Waals surface area contributed by atoms with Crippen LogP contribution in [0.1, 0.15) is 11.1 Å². The maximum Gasteiger partial charge on any atom is 0.297 e. The first kappa shape index (κ1) is 15.4. The van der Waals surface area contributed by atoms with Crippen LogP contribution in [0.15, 0.2) is 51.9 Å². The zero-order valence-corrected chi connectivity index (χ0v) is 14.3. The van der Waals surface area contributed by atoms with E-state index in [9.17, 15) is 4.79 Å². The van der Waals surface area contributed by atoms with E-state index in [0.29, 0.717) is 28.5 Å². The van der Waals surface area contributed by atoms with Gasteiger partial charge in [-0.2, -0.15) is 0 Å². The van der Waals surface area contributed by atoms with E-state index in [1.807, 2.05) is 30.3 Å². The first-order valence-corrected chi connectivity index (χ1v) is 8.47. The SMILES string of the molecule is O=c1c2oc3ccccc3c2ncn1Cc1cc(Cl)cc2c1OCOC2. The van der Waals surface area contributed by atoms with Crippen molar-refractivity contribution in [1.82, 2.24) is 9.55 Å². The predicted molar refractivity (Wildman–Crippen MR) is 96.6 cm³/mol. The zero-order valence-electron chi connectivity index (χ0n) is 13.6. The lowest BCUT2D eigenvalue weighted by atomic mass is 10.1. The number of fused-ring (bicyclic) bond motifs is 4. The number of aromatic nitrogens is 2. The number of nitrogens with zero attached hydrogens (tertiary/aromatic N) is 2. The van der Waals surface area contributed by atoms with Crippen LogP contribution in [-0.4, -0.2) is 16.3 Å². The number of hydrogen-bond donors (Lipinski definition) is 0. The fraction of sp³-hybridized carbons (Fsp3) is 0.158. The molecule has 0 radical (unpaired) electrons. The molecule has 7 heteroatoms. The molecular formula is C19H13ClN2O4. The van der Waals surface area contributed by atoms with Crippen molar-refractivity contribution in [2.24, 2.45) is 0 Å². The van der Waals surface area contributed by atoms with E-state index in [4.69, 9.17) is 25.5 Å². The highest BCUT2D eigenvalue weighted by Crippen LogP contribution is 2.32. The van der Waals surface area contributed by atoms with Gasteiger partial charge < -0.3 is 13.9 Å². The van der Waals surface area contributed by atoms with Crippen LogP contribution in [0.3, 0.4) is 0 Å². The Balaban J connectivity index is 1.65. The minimum Gasteiger partial charge on any atom is -0.467 e. The second-order valence-corrected chi connectivity index (χ2v) is 6.55. The maximum absolute atomic E-state index is 12.9. The van der Waals surface area contributed by atoms with E-state index < -0.39 is 0 Å². The highest BCUT2D eigenvalue weighted by Gasteiger charge is 2.18. The van der Waals surface area contributed by atoms with Crippen LogP contribution < -0.4 is 10.3 Å². The second-order valence-electron chi connectivity index (χ2n) is 6.12. The standard InChI is InChI=1S/C19H13ClN2O4/c20-13-5-11(17-12(6-13)8-24-10-25-17)7-22-9-21-16-14-3-1-2-4-15(14)26-18(16)19(22)23/h1-6,9H,7-8,10H2. The Morgan fingerprint density at radius 3 is 3.04 bits per heavy atom. The minimum atomic E-state index is -0.244. The smallest absolute Gasteiger partial charge is 0.297 e. The Hall–Kier alpha value is -2.83. The number of rotatable bonds is 2. The summed E-state index contributed by atoms with van der Waals surface area (Å²) in [5, 5.41) is 1.39. The summed E-state index contributed by atoms with van der Waals surface area (Å²) in [5.41, 5.74) is 2.88. The summed E-state index contributed by atoms with van der Waals surface area (Å²) in [6.07, 6.45) is 1.53. The van der Waals surface area contributed by atoms with E-state index in [-0.39, 0.29) is 24.5 Å². The van der Waals surface area contributed by atoms with E-state index >= 15 is 0 Å². The molecule has 1 aliphatic heterocycles. The quantitative estimate of drug-likeness (QED) is 0.539. The van der Waals surface area contributed by atoms with Gasteiger partial charge in [-0.25, -0.2) is 4.98 Å². The third kappa shape index (κ3) is 2.38. The fourth-order valence-electron chi connectivity index (χ4n) is 3.29. The third-order valence-corrected chi connectivity index (χ3v) is 4.66. The zero-order chi connectivity index (χ0) is 17.7. The van der Waals surface area contributed by atoms with Crippen molar-refractivity contribution in [2.75, 3.05) is 6.79 Å². The molecule has 6 nitrogen and oxygen atoms in total. The van der Waals surface area contributed by atoms with Crippen LogP contribution in [-0.2, 0) is 17.9 Å². The summed E-state index contributed by atoms with van der Waals surface area (Å²) in [5.74, 6) is 0.706. The Morgan fingerprint density at radius 2 is 2.12 bits per heavy atom. The third-order valence-electron chi connectivity index (χ3n) is 4.44. The fourth-order valence-corrected chi connectivity index (χ4v) is 3.55. The minimum absolute atomic E-state index is 0.178. The molecule has 5 rings (SSSR count). The van der Waals surface area contributed by atoms with Crippen LogP contribution in [0.4, 0.5) is 0 Å². The summed E-state index contributed by atoms with van der Waals surface area (Å²) < 4.78 is 18.1. The van der Waals surface area contributed by atoms with Gasteiger partial charge in [-0.3, -0.25) is 9.36 Å². The normalized spacial score (nSPS) is 13.7. The molecule has 2 aromatic heterocycles. The van der Waals surface area contributed by atoms with Crippen molar-refractivity contribution in [3.8, 4) is 5.75 Å². The Morgan fingerprint density at radius 1 is 1.23 bits per heavy atom. The number of furan rings is 1. The average molecular weight is 369 g/mol. The Labute approximate surface area is 152 Å². The van der Waals surface area contributed by atoms with Gasteiger partial charge in [0.05, 0.1) is 19.5 Å². The van der Waals surface area contributed by atoms with Gasteiger partial charge in [-0.05, 0) is 24.3 Å². The van der Waals surface area contributed by atoms with Crippen molar-refractivity contribution in [1.29, 1.82) is 0 Å². The van der Waals surface area contributed by atoms with Gasteiger partial charge in [0.15, 0.2) is 6.79 Å². The average Bonchev–Trinajstić information content (AvgIpc) is 3.03. The molecule has 0 spiro atoms. The van der Waals surface area contributed by atoms with Crippen molar-refractivity contribution in [3.63, 3.8) is 0 Å². The van der Waals surface area contributed by atoms with Crippen molar-refractivity contribution in [2.45, 2.75) is 13.2 Å². The first-order chi connectivity index (χ1) is 12.7. The maximum atomic E-state index is 12.9. The van der Waals surface area contributed by atoms with Gasteiger partial charge in [0.2, 0.25) is 5.58 Å². The lowest BCUT2D eigenvalue weighted by molar-refractivity contribution is -0.0170. The van der Waals surface area contributed by atoms with Crippen molar-refractivity contribution in [3.05, 3.63) is 69.2 Å². The highest BCUT2D eigenvalue weighted by molar-refractivity contribution is 6.30. The number of para-hydroxylation sites is 1. The summed E-state index contributed by atoms with van der Waals surface area (Å²) >= 11 is 6.20. The molecule has 0 saturated carbocycles. The predicted octanol–water partition coefficient (Wildman–Crippen LogP) is 3.71. The first-order valence-electron chi connectivity index (χ1n) is 8.09. The molecule has 0 aliphatic carbocycles. The second kappa shape index (κ2) is 5.86. The van der Waals surface area contributed by atoms with Crippen LogP contribution in [0.2, 0.25) is 5.02 Å². The summed E-state index contributed by atoms with van der Waals surface area (Å²) in [7, 11) is 0. The van der Waals surface area contributed by atoms with Gasteiger partial charge in [-0.15, -0.1) is 0 Å². The molecule has 26 heavy (non-hydrogen) atoms. The van der Waals surface area contributed by atoms with Crippen molar-refractivity contribution >= 4 is 33.7 Å². The largest absolute Gasteiger partial charge is 0.467 e. The number of hydrogen-bond acceptors (Lipinski definition) is 5. The van der Waals surface area contributed by atoms with Crippen molar-refractivity contribution < 1.29 is 13.9 Å². The lowest BCUT2D eigenvalue weighted by Gasteiger charge is -2.21. The van der Waals surface area contributed by atoms with Crippen LogP contribution in [0.5, 0.6) is 5.75 Å². The van der Waals surface area contributed by atoms with E-state index in [1.54, 1.807) is 6.07 Å². The molecule has 3 heterocycles. The van der Waals surface area contributed by atoms with Gasteiger partial charge >= 0.3 is 0 Å². The molecule has 4 aromatic rings. The van der Waals surface area contributed by atoms with E-state index in [0.717, 1.165) is 16.5 Å². The summed E-state index contributed by atoms with van der Waals surface area (Å²) in [6.45, 7) is 0.887. The number of halogens is 1. The number of benzene rings is 2. The van der Waals surface area contributed by atoms with Gasteiger partial charge in [0, 0.05) is 21.5 Å². The lowest BCUT2D eigenvalue weighted by Crippen LogP contribution is -2.22. The molecule has 0 unspecified atom stereocenters. The van der Waals surface area contributed by atoms with E-state index in [2.05, 4.69) is 4.98 Å². The molecular weight excluding hydrogens is 356 g/mol. The summed E-state index contributed by atoms with van der Waals surface area (Å²) in [6, 6.07) is 11.1. The van der Waals surface area contributed by atoms with Gasteiger partial charge in [-0.1, -0.05) is 23.7 Å². The van der Waals surface area contributed by atoms with Gasteiger partial charge in [0.1, 0.15) is 16.8 Å². The van der Waals surface area contributed by atoms with Gasteiger partial charge in [0.25, 0.3) is 5.56 Å². The monoisotopic (exact) mass is 368 g/mol. The molecule has 0 N–H and O–H groups in total. The molecule has 1 aliphatic rings. The molecule has 0 atom stereocenters. The molecule has 0 bridgehead atoms. The van der Waals surface area contributed by atoms with Crippen LogP contribution in [0.25, 0.3) is 22.1 Å². The van der Waals surface area contributed by atoms with Crippen LogP contribution >= 0.6 is 11.6 Å². The van der Waals surface area contributed by atoms with E-state index in [1.165, 1.54) is 10.9 Å². The van der Waals surface area contributed by atoms with Crippen LogP contribution in [0, 0.1) is 0 Å². The molecule has 2 aromatic carbocycles. The summed E-state index contributed by atoms with van der Waals surface area (Å²) in [4.78, 5) is 17.3. The molecule has 130 valence electrons. The molecule has 0 fully saturated rings. The number of ether oxygens (including phenoxy) is 2. The Kier molecular flexibility index (Phi) is 3.48. The topological polar surface area (TPSA) is 66.5 Å². The highest BCUT2D eigenvalue weighted by atomic mass is 35.5. The molecule has 0 saturated heterocycles.